The summed E-state index contributed by atoms with van der Waals surface area (Å²) < 4.78 is 10.9. The molecule has 0 unspecified atom stereocenters. The summed E-state index contributed by atoms with van der Waals surface area (Å²) in [6.45, 7) is 4.71. The fourth-order valence-corrected chi connectivity index (χ4v) is 2.72. The molecule has 0 atom stereocenters. The largest absolute Gasteiger partial charge is 0.491 e. The van der Waals surface area contributed by atoms with Crippen LogP contribution in [0.1, 0.15) is 23.1 Å². The number of rotatable bonds is 10. The van der Waals surface area contributed by atoms with E-state index in [2.05, 4.69) is 65.0 Å². The van der Waals surface area contributed by atoms with Gasteiger partial charge in [0.25, 0.3) is 0 Å². The highest BCUT2D eigenvalue weighted by atomic mass is 127. The van der Waals surface area contributed by atoms with Gasteiger partial charge in [-0.15, -0.1) is 24.0 Å². The third-order valence-electron chi connectivity index (χ3n) is 4.22. The van der Waals surface area contributed by atoms with Gasteiger partial charge in [0, 0.05) is 32.8 Å². The van der Waals surface area contributed by atoms with Crippen molar-refractivity contribution in [2.24, 2.45) is 4.99 Å². The van der Waals surface area contributed by atoms with Gasteiger partial charge in [0.1, 0.15) is 12.4 Å². The summed E-state index contributed by atoms with van der Waals surface area (Å²) in [5.74, 6) is 1.69. The second kappa shape index (κ2) is 14.2. The Bertz CT molecular complexity index is 708. The van der Waals surface area contributed by atoms with Crippen molar-refractivity contribution in [3.05, 3.63) is 65.2 Å². The number of benzene rings is 2. The highest BCUT2D eigenvalue weighted by Crippen LogP contribution is 2.20. The quantitative estimate of drug-likeness (QED) is 0.226. The van der Waals surface area contributed by atoms with Gasteiger partial charge >= 0.3 is 0 Å². The molecule has 0 aliphatic heterocycles. The smallest absolute Gasteiger partial charge is 0.191 e. The number of hydrogen-bond donors (Lipinski definition) is 2. The summed E-state index contributed by atoms with van der Waals surface area (Å²) in [4.78, 5) is 4.30. The molecule has 2 rings (SSSR count). The number of halogens is 1. The molecule has 6 heteroatoms. The van der Waals surface area contributed by atoms with Gasteiger partial charge in [0.15, 0.2) is 5.96 Å². The first-order valence-electron chi connectivity index (χ1n) is 9.42. The molecular weight excluding hydrogens is 465 g/mol. The van der Waals surface area contributed by atoms with E-state index in [0.29, 0.717) is 19.8 Å². The molecule has 2 aromatic rings. The van der Waals surface area contributed by atoms with Crippen LogP contribution in [-0.4, -0.2) is 39.9 Å². The van der Waals surface area contributed by atoms with Crippen molar-refractivity contribution in [1.82, 2.24) is 10.6 Å². The number of methoxy groups -OCH3 is 1. The minimum absolute atomic E-state index is 0. The lowest BCUT2D eigenvalue weighted by atomic mass is 10.1. The van der Waals surface area contributed by atoms with E-state index in [1.807, 2.05) is 6.07 Å². The average molecular weight is 497 g/mol. The Balaban J connectivity index is 0.00000392. The molecule has 0 aliphatic rings. The third-order valence-corrected chi connectivity index (χ3v) is 4.22. The number of guanidine groups is 1. The molecule has 0 saturated carbocycles. The monoisotopic (exact) mass is 497 g/mol. The molecule has 0 bridgehead atoms. The standard InChI is InChI=1S/C22H31N3O2.HI/c1-18-11-12-20(21(16-18)27-15-14-26-3)17-25-22(23-2)24-13-7-10-19-8-5-4-6-9-19;/h4-6,8-9,11-12,16H,7,10,13-15,17H2,1-3H3,(H2,23,24,25);1H. The first-order chi connectivity index (χ1) is 13.2. The first-order valence-corrected chi connectivity index (χ1v) is 9.42. The molecule has 0 heterocycles. The van der Waals surface area contributed by atoms with Crippen LogP contribution in [0, 0.1) is 6.92 Å². The Morgan fingerprint density at radius 1 is 1.04 bits per heavy atom. The van der Waals surface area contributed by atoms with Crippen molar-refractivity contribution in [3.8, 4) is 5.75 Å². The summed E-state index contributed by atoms with van der Waals surface area (Å²) >= 11 is 0. The van der Waals surface area contributed by atoms with Crippen molar-refractivity contribution in [1.29, 1.82) is 0 Å². The summed E-state index contributed by atoms with van der Waals surface area (Å²) in [5, 5.41) is 6.73. The molecular formula is C22H32IN3O2. The van der Waals surface area contributed by atoms with Gasteiger partial charge in [-0.25, -0.2) is 0 Å². The fourth-order valence-electron chi connectivity index (χ4n) is 2.72. The van der Waals surface area contributed by atoms with Crippen LogP contribution >= 0.6 is 24.0 Å². The van der Waals surface area contributed by atoms with Crippen LogP contribution in [0.4, 0.5) is 0 Å². The van der Waals surface area contributed by atoms with Gasteiger partial charge in [-0.1, -0.05) is 42.5 Å². The van der Waals surface area contributed by atoms with Gasteiger partial charge in [-0.3, -0.25) is 4.99 Å². The summed E-state index contributed by atoms with van der Waals surface area (Å²) in [7, 11) is 3.47. The van der Waals surface area contributed by atoms with Gasteiger partial charge < -0.3 is 20.1 Å². The van der Waals surface area contributed by atoms with Gasteiger partial charge in [-0.2, -0.15) is 0 Å². The second-order valence-electron chi connectivity index (χ2n) is 6.39. The Labute approximate surface area is 186 Å². The maximum atomic E-state index is 5.85. The molecule has 0 radical (unpaired) electrons. The maximum Gasteiger partial charge on any atom is 0.191 e. The van der Waals surface area contributed by atoms with Crippen LogP contribution in [0.15, 0.2) is 53.5 Å². The zero-order valence-corrected chi connectivity index (χ0v) is 19.4. The first kappa shape index (κ1) is 24.2. The zero-order valence-electron chi connectivity index (χ0n) is 17.0. The normalized spacial score (nSPS) is 10.9. The predicted molar refractivity (Wildman–Crippen MR) is 127 cm³/mol. The molecule has 0 saturated heterocycles. The van der Waals surface area contributed by atoms with Gasteiger partial charge in [-0.05, 0) is 37.0 Å². The Morgan fingerprint density at radius 2 is 1.82 bits per heavy atom. The average Bonchev–Trinajstić information content (AvgIpc) is 2.69. The van der Waals surface area contributed by atoms with Crippen molar-refractivity contribution in [3.63, 3.8) is 0 Å². The highest BCUT2D eigenvalue weighted by molar-refractivity contribution is 14.0. The van der Waals surface area contributed by atoms with E-state index in [1.165, 1.54) is 11.1 Å². The summed E-state index contributed by atoms with van der Waals surface area (Å²) in [6, 6.07) is 16.8. The van der Waals surface area contributed by atoms with E-state index in [1.54, 1.807) is 14.2 Å². The summed E-state index contributed by atoms with van der Waals surface area (Å²) in [6.07, 6.45) is 2.11. The Hall–Kier alpha value is -1.80. The fraction of sp³-hybridized carbons (Fsp3) is 0.409. The molecule has 0 aliphatic carbocycles. The minimum Gasteiger partial charge on any atom is -0.491 e. The van der Waals surface area contributed by atoms with Crippen LogP contribution in [0.3, 0.4) is 0 Å². The van der Waals surface area contributed by atoms with E-state index in [-0.39, 0.29) is 24.0 Å². The van der Waals surface area contributed by atoms with Crippen LogP contribution in [0.25, 0.3) is 0 Å². The highest BCUT2D eigenvalue weighted by Gasteiger charge is 2.06. The van der Waals surface area contributed by atoms with Crippen molar-refractivity contribution in [2.75, 3.05) is 33.9 Å². The minimum atomic E-state index is 0. The van der Waals surface area contributed by atoms with Crippen LogP contribution in [0.2, 0.25) is 0 Å². The predicted octanol–water partition coefficient (Wildman–Crippen LogP) is 3.94. The summed E-state index contributed by atoms with van der Waals surface area (Å²) in [5.41, 5.74) is 3.64. The van der Waals surface area contributed by atoms with E-state index in [0.717, 1.165) is 36.7 Å². The second-order valence-corrected chi connectivity index (χ2v) is 6.39. The van der Waals surface area contributed by atoms with Gasteiger partial charge in [0.2, 0.25) is 0 Å². The molecule has 0 fully saturated rings. The lowest BCUT2D eigenvalue weighted by molar-refractivity contribution is 0.145. The Kier molecular flexibility index (Phi) is 12.3. The van der Waals surface area contributed by atoms with E-state index < -0.39 is 0 Å². The number of aryl methyl sites for hydroxylation is 2. The molecule has 154 valence electrons. The maximum absolute atomic E-state index is 5.85. The number of aliphatic imine (C=N–C) groups is 1. The number of nitrogens with one attached hydrogen (secondary N) is 2. The molecule has 0 spiro atoms. The number of ether oxygens (including phenoxy) is 2. The zero-order chi connectivity index (χ0) is 19.3. The molecule has 2 N–H and O–H groups in total. The van der Waals surface area contributed by atoms with E-state index in [9.17, 15) is 0 Å². The van der Waals surface area contributed by atoms with Gasteiger partial charge in [0.05, 0.1) is 6.61 Å². The lowest BCUT2D eigenvalue weighted by Gasteiger charge is -2.15. The topological polar surface area (TPSA) is 54.9 Å². The van der Waals surface area contributed by atoms with Crippen LogP contribution in [-0.2, 0) is 17.7 Å². The third kappa shape index (κ3) is 8.93. The molecule has 0 aromatic heterocycles. The SMILES string of the molecule is CN=C(NCCCc1ccccc1)NCc1ccc(C)cc1OCCOC.I. The number of nitrogens with zero attached hydrogens (tertiary/aromatic N) is 1. The van der Waals surface area contributed by atoms with Crippen molar-refractivity contribution in [2.45, 2.75) is 26.3 Å². The van der Waals surface area contributed by atoms with E-state index >= 15 is 0 Å². The van der Waals surface area contributed by atoms with Crippen LogP contribution in [0.5, 0.6) is 5.75 Å². The van der Waals surface area contributed by atoms with E-state index in [4.69, 9.17) is 9.47 Å². The lowest BCUT2D eigenvalue weighted by Crippen LogP contribution is -2.37. The van der Waals surface area contributed by atoms with Crippen molar-refractivity contribution < 1.29 is 9.47 Å². The Morgan fingerprint density at radius 3 is 2.54 bits per heavy atom. The van der Waals surface area contributed by atoms with Crippen molar-refractivity contribution >= 4 is 29.9 Å². The molecule has 28 heavy (non-hydrogen) atoms. The molecule has 2 aromatic carbocycles. The number of hydrogen-bond acceptors (Lipinski definition) is 3. The molecule has 5 nitrogen and oxygen atoms in total. The van der Waals surface area contributed by atoms with Crippen LogP contribution < -0.4 is 15.4 Å². The molecule has 0 amide bonds.